The minimum Gasteiger partial charge on any atom is -0.469 e. The van der Waals surface area contributed by atoms with Gasteiger partial charge in [0.2, 0.25) is 0 Å². The first-order chi connectivity index (χ1) is 8.20. The molecule has 0 spiro atoms. The van der Waals surface area contributed by atoms with Crippen molar-refractivity contribution < 1.29 is 9.53 Å². The summed E-state index contributed by atoms with van der Waals surface area (Å²) in [6.45, 7) is 0.588. The van der Waals surface area contributed by atoms with E-state index >= 15 is 0 Å². The maximum absolute atomic E-state index is 11.0. The highest BCUT2D eigenvalue weighted by molar-refractivity contribution is 5.83. The molecule has 0 amide bonds. The van der Waals surface area contributed by atoms with Crippen molar-refractivity contribution in [2.75, 3.05) is 19.0 Å². The zero-order valence-electron chi connectivity index (χ0n) is 10.1. The van der Waals surface area contributed by atoms with E-state index in [0.717, 1.165) is 5.69 Å². The number of hydrogen-bond acceptors (Lipinski definition) is 3. The Labute approximate surface area is 100 Å². The van der Waals surface area contributed by atoms with Gasteiger partial charge in [0, 0.05) is 36.4 Å². The summed E-state index contributed by atoms with van der Waals surface area (Å²) in [5.41, 5.74) is 2.22. The van der Waals surface area contributed by atoms with Crippen molar-refractivity contribution in [1.82, 2.24) is 4.57 Å². The number of hydrogen-bond donors (Lipinski definition) is 1. The van der Waals surface area contributed by atoms with Crippen LogP contribution in [0, 0.1) is 0 Å². The highest BCUT2D eigenvalue weighted by Gasteiger charge is 2.01. The Bertz CT molecular complexity index is 531. The van der Waals surface area contributed by atoms with Crippen LogP contribution in [-0.4, -0.2) is 24.2 Å². The van der Waals surface area contributed by atoms with Crippen LogP contribution in [0.3, 0.4) is 0 Å². The number of fused-ring (bicyclic) bond motifs is 1. The molecule has 0 radical (unpaired) electrons. The SMILES string of the molecule is COC(=O)CCNc1ccc2c(ccn2C)c1. The number of aryl methyl sites for hydroxylation is 1. The molecule has 17 heavy (non-hydrogen) atoms. The minimum absolute atomic E-state index is 0.196. The van der Waals surface area contributed by atoms with E-state index in [9.17, 15) is 4.79 Å². The van der Waals surface area contributed by atoms with Gasteiger partial charge in [-0.2, -0.15) is 0 Å². The summed E-state index contributed by atoms with van der Waals surface area (Å²) in [6.07, 6.45) is 2.41. The number of methoxy groups -OCH3 is 1. The summed E-state index contributed by atoms with van der Waals surface area (Å²) >= 11 is 0. The number of carbonyl (C=O) groups is 1. The largest absolute Gasteiger partial charge is 0.469 e. The third-order valence-corrected chi connectivity index (χ3v) is 2.77. The van der Waals surface area contributed by atoms with E-state index in [0.29, 0.717) is 13.0 Å². The second-order valence-electron chi connectivity index (χ2n) is 3.95. The Morgan fingerprint density at radius 1 is 1.41 bits per heavy atom. The molecule has 0 fully saturated rings. The number of aromatic nitrogens is 1. The molecule has 2 aromatic rings. The Morgan fingerprint density at radius 2 is 2.24 bits per heavy atom. The summed E-state index contributed by atoms with van der Waals surface area (Å²) in [5, 5.41) is 4.39. The van der Waals surface area contributed by atoms with Crippen molar-refractivity contribution in [3.05, 3.63) is 30.5 Å². The van der Waals surface area contributed by atoms with Crippen LogP contribution in [0.4, 0.5) is 5.69 Å². The predicted octanol–water partition coefficient (Wildman–Crippen LogP) is 2.15. The third-order valence-electron chi connectivity index (χ3n) is 2.77. The van der Waals surface area contributed by atoms with Crippen molar-refractivity contribution in [3.8, 4) is 0 Å². The van der Waals surface area contributed by atoms with Crippen LogP contribution in [-0.2, 0) is 16.6 Å². The average molecular weight is 232 g/mol. The number of ether oxygens (including phenoxy) is 1. The van der Waals surface area contributed by atoms with Crippen LogP contribution in [0.5, 0.6) is 0 Å². The molecule has 90 valence electrons. The molecule has 2 rings (SSSR count). The Balaban J connectivity index is 2.02. The van der Waals surface area contributed by atoms with E-state index in [1.807, 2.05) is 19.3 Å². The maximum Gasteiger partial charge on any atom is 0.307 e. The van der Waals surface area contributed by atoms with Gasteiger partial charge in [0.05, 0.1) is 13.5 Å². The van der Waals surface area contributed by atoms with Gasteiger partial charge in [0.1, 0.15) is 0 Å². The first-order valence-corrected chi connectivity index (χ1v) is 5.56. The lowest BCUT2D eigenvalue weighted by Gasteiger charge is -2.06. The van der Waals surface area contributed by atoms with Gasteiger partial charge < -0.3 is 14.6 Å². The van der Waals surface area contributed by atoms with Crippen molar-refractivity contribution in [1.29, 1.82) is 0 Å². The molecule has 0 saturated carbocycles. The molecular formula is C13H16N2O2. The second-order valence-corrected chi connectivity index (χ2v) is 3.95. The monoisotopic (exact) mass is 232 g/mol. The van der Waals surface area contributed by atoms with E-state index < -0.39 is 0 Å². The van der Waals surface area contributed by atoms with E-state index in [1.165, 1.54) is 18.0 Å². The molecule has 4 heteroatoms. The van der Waals surface area contributed by atoms with Crippen LogP contribution in [0.25, 0.3) is 10.9 Å². The second kappa shape index (κ2) is 4.91. The number of anilines is 1. The zero-order chi connectivity index (χ0) is 12.3. The molecule has 4 nitrogen and oxygen atoms in total. The molecule has 0 aliphatic carbocycles. The molecule has 1 heterocycles. The van der Waals surface area contributed by atoms with Crippen LogP contribution in [0.1, 0.15) is 6.42 Å². The Hall–Kier alpha value is -1.97. The van der Waals surface area contributed by atoms with Crippen molar-refractivity contribution in [2.45, 2.75) is 6.42 Å². The Morgan fingerprint density at radius 3 is 3.00 bits per heavy atom. The van der Waals surface area contributed by atoms with E-state index in [2.05, 4.69) is 32.8 Å². The highest BCUT2D eigenvalue weighted by atomic mass is 16.5. The Kier molecular flexibility index (Phi) is 3.32. The summed E-state index contributed by atoms with van der Waals surface area (Å²) in [5.74, 6) is -0.196. The number of benzene rings is 1. The summed E-state index contributed by atoms with van der Waals surface area (Å²) < 4.78 is 6.66. The fourth-order valence-electron chi connectivity index (χ4n) is 1.80. The van der Waals surface area contributed by atoms with Gasteiger partial charge in [-0.25, -0.2) is 0 Å². The fourth-order valence-corrected chi connectivity index (χ4v) is 1.80. The van der Waals surface area contributed by atoms with Crippen LogP contribution in [0.2, 0.25) is 0 Å². The van der Waals surface area contributed by atoms with Crippen molar-refractivity contribution in [3.63, 3.8) is 0 Å². The van der Waals surface area contributed by atoms with Crippen molar-refractivity contribution in [2.24, 2.45) is 7.05 Å². The molecule has 0 aliphatic rings. The minimum atomic E-state index is -0.196. The highest BCUT2D eigenvalue weighted by Crippen LogP contribution is 2.19. The molecule has 1 N–H and O–H groups in total. The quantitative estimate of drug-likeness (QED) is 0.821. The van der Waals surface area contributed by atoms with Gasteiger partial charge in [-0.05, 0) is 24.3 Å². The van der Waals surface area contributed by atoms with Crippen molar-refractivity contribution >= 4 is 22.6 Å². The summed E-state index contributed by atoms with van der Waals surface area (Å²) in [4.78, 5) is 11.0. The van der Waals surface area contributed by atoms with E-state index in [-0.39, 0.29) is 5.97 Å². The number of nitrogens with one attached hydrogen (secondary N) is 1. The van der Waals surface area contributed by atoms with E-state index in [4.69, 9.17) is 0 Å². The number of esters is 1. The molecule has 0 atom stereocenters. The fraction of sp³-hybridized carbons (Fsp3) is 0.308. The van der Waals surface area contributed by atoms with Crippen LogP contribution in [0.15, 0.2) is 30.5 Å². The van der Waals surface area contributed by atoms with Gasteiger partial charge in [0.25, 0.3) is 0 Å². The smallest absolute Gasteiger partial charge is 0.307 e. The molecule has 0 unspecified atom stereocenters. The van der Waals surface area contributed by atoms with E-state index in [1.54, 1.807) is 0 Å². The van der Waals surface area contributed by atoms with Gasteiger partial charge >= 0.3 is 5.97 Å². The normalized spacial score (nSPS) is 10.5. The van der Waals surface area contributed by atoms with Gasteiger partial charge in [0.15, 0.2) is 0 Å². The third kappa shape index (κ3) is 2.58. The summed E-state index contributed by atoms with van der Waals surface area (Å²) in [7, 11) is 3.42. The van der Waals surface area contributed by atoms with Crippen LogP contribution < -0.4 is 5.32 Å². The molecule has 0 saturated heterocycles. The number of carbonyl (C=O) groups excluding carboxylic acids is 1. The van der Waals surface area contributed by atoms with Gasteiger partial charge in [-0.3, -0.25) is 4.79 Å². The average Bonchev–Trinajstić information content (AvgIpc) is 2.70. The summed E-state index contributed by atoms with van der Waals surface area (Å²) in [6, 6.07) is 8.23. The standard InChI is InChI=1S/C13H16N2O2/c1-15-8-6-10-9-11(3-4-12(10)15)14-7-5-13(16)17-2/h3-4,6,8-9,14H,5,7H2,1-2H3. The first kappa shape index (κ1) is 11.5. The maximum atomic E-state index is 11.0. The number of rotatable bonds is 4. The number of nitrogens with zero attached hydrogens (tertiary/aromatic N) is 1. The molecule has 1 aromatic heterocycles. The molecule has 0 aliphatic heterocycles. The van der Waals surface area contributed by atoms with Gasteiger partial charge in [-0.1, -0.05) is 0 Å². The molecule has 1 aromatic carbocycles. The lowest BCUT2D eigenvalue weighted by Crippen LogP contribution is -2.09. The van der Waals surface area contributed by atoms with Gasteiger partial charge in [-0.15, -0.1) is 0 Å². The topological polar surface area (TPSA) is 43.3 Å². The lowest BCUT2D eigenvalue weighted by molar-refractivity contribution is -0.140. The lowest BCUT2D eigenvalue weighted by atomic mass is 10.2. The molecule has 0 bridgehead atoms. The first-order valence-electron chi connectivity index (χ1n) is 5.56. The predicted molar refractivity (Wildman–Crippen MR) is 68.0 cm³/mol. The zero-order valence-corrected chi connectivity index (χ0v) is 10.1. The molecular weight excluding hydrogens is 216 g/mol. The van der Waals surface area contributed by atoms with Crippen LogP contribution >= 0.6 is 0 Å².